The van der Waals surface area contributed by atoms with Gasteiger partial charge >= 0.3 is 0 Å². The molecule has 3 aromatic heterocycles. The molecule has 4 aromatic rings. The van der Waals surface area contributed by atoms with Gasteiger partial charge in [0.25, 0.3) is 23.1 Å². The normalized spacial score (nSPS) is 11.4. The molecule has 0 fully saturated rings. The van der Waals surface area contributed by atoms with Gasteiger partial charge in [0.2, 0.25) is 5.75 Å². The number of hydrogen-bond acceptors (Lipinski definition) is 9. The second-order valence-corrected chi connectivity index (χ2v) is 9.50. The Kier molecular flexibility index (Phi) is 9.08. The van der Waals surface area contributed by atoms with Gasteiger partial charge in [-0.05, 0) is 41.8 Å². The lowest BCUT2D eigenvalue weighted by Crippen LogP contribution is -2.23. The van der Waals surface area contributed by atoms with Gasteiger partial charge in [-0.25, -0.2) is 14.2 Å². The highest BCUT2D eigenvalue weighted by molar-refractivity contribution is 7.81. The number of carbonyl (C=O) groups is 1. The van der Waals surface area contributed by atoms with Crippen LogP contribution in [0.4, 0.5) is 11.6 Å². The zero-order valence-corrected chi connectivity index (χ0v) is 23.2. The zero-order chi connectivity index (χ0) is 29.5. The Morgan fingerprint density at radius 2 is 1.90 bits per heavy atom. The molecular formula is C28H26N6O6S. The van der Waals surface area contributed by atoms with Crippen LogP contribution < -0.4 is 24.2 Å². The van der Waals surface area contributed by atoms with Gasteiger partial charge in [-0.15, -0.1) is 6.42 Å². The summed E-state index contributed by atoms with van der Waals surface area (Å²) in [6.45, 7) is 3.78. The number of nitrogens with zero attached hydrogens (tertiary/aromatic N) is 5. The molecule has 13 heteroatoms. The molecule has 0 aliphatic carbocycles. The van der Waals surface area contributed by atoms with Crippen molar-refractivity contribution in [1.82, 2.24) is 19.9 Å². The van der Waals surface area contributed by atoms with Gasteiger partial charge in [0, 0.05) is 18.0 Å². The van der Waals surface area contributed by atoms with E-state index in [2.05, 4.69) is 25.9 Å². The number of methoxy groups -OCH3 is 1. The number of ether oxygens (including phenoxy) is 3. The Labute approximate surface area is 239 Å². The van der Waals surface area contributed by atoms with E-state index in [4.69, 9.17) is 26.4 Å². The van der Waals surface area contributed by atoms with Gasteiger partial charge in [0.1, 0.15) is 11.5 Å². The molecule has 0 spiro atoms. The number of hydrogen-bond donors (Lipinski definition) is 2. The van der Waals surface area contributed by atoms with E-state index in [1.807, 2.05) is 13.8 Å². The van der Waals surface area contributed by atoms with E-state index in [0.717, 1.165) is 9.87 Å². The number of aromatic nitrogens is 4. The Bertz CT molecular complexity index is 1620. The van der Waals surface area contributed by atoms with Gasteiger partial charge in [-0.3, -0.25) is 14.3 Å². The van der Waals surface area contributed by atoms with Crippen LogP contribution in [0.3, 0.4) is 0 Å². The zero-order valence-electron chi connectivity index (χ0n) is 22.3. The van der Waals surface area contributed by atoms with Crippen molar-refractivity contribution in [2.75, 3.05) is 18.0 Å². The number of carbonyl (C=O) groups excluding carboxylic acids is 1. The third-order valence-corrected chi connectivity index (χ3v) is 6.33. The summed E-state index contributed by atoms with van der Waals surface area (Å²) < 4.78 is 41.7. The van der Waals surface area contributed by atoms with E-state index in [1.54, 1.807) is 42.6 Å². The Morgan fingerprint density at radius 3 is 2.51 bits per heavy atom. The molecular weight excluding hydrogens is 548 g/mol. The minimum atomic E-state index is -2.70. The average molecular weight is 575 g/mol. The van der Waals surface area contributed by atoms with Crippen LogP contribution in [0.15, 0.2) is 60.9 Å². The van der Waals surface area contributed by atoms with E-state index >= 15 is 0 Å². The molecule has 0 aliphatic heterocycles. The van der Waals surface area contributed by atoms with Crippen molar-refractivity contribution < 1.29 is 27.8 Å². The molecule has 1 aromatic carbocycles. The third-order valence-electron chi connectivity index (χ3n) is 5.65. The number of pyridine rings is 2. The number of nitrogens with two attached hydrogens (primary N) is 1. The second-order valence-electron chi connectivity index (χ2n) is 8.67. The van der Waals surface area contributed by atoms with E-state index < -0.39 is 17.2 Å². The fourth-order valence-electron chi connectivity index (χ4n) is 3.62. The minimum Gasteiger partial charge on any atom is -0.493 e. The Balaban J connectivity index is 2.01. The highest BCUT2D eigenvalue weighted by atomic mass is 32.2. The van der Waals surface area contributed by atoms with Gasteiger partial charge in [0.15, 0.2) is 29.7 Å². The van der Waals surface area contributed by atoms with Crippen molar-refractivity contribution in [1.29, 1.82) is 0 Å². The summed E-state index contributed by atoms with van der Waals surface area (Å²) in [4.78, 5) is 29.2. The summed E-state index contributed by atoms with van der Waals surface area (Å²) in [5.41, 5.74) is 6.60. The monoisotopic (exact) mass is 574 g/mol. The summed E-state index contributed by atoms with van der Waals surface area (Å²) in [7, 11) is 1.47. The molecule has 0 aliphatic rings. The van der Waals surface area contributed by atoms with Crippen LogP contribution in [0, 0.1) is 12.3 Å². The summed E-state index contributed by atoms with van der Waals surface area (Å²) in [5, 5.41) is 0. The first-order valence-corrected chi connectivity index (χ1v) is 13.2. The van der Waals surface area contributed by atoms with E-state index in [1.165, 1.54) is 25.4 Å². The molecule has 4 rings (SSSR count). The Hall–Kier alpha value is -5.06. The lowest BCUT2D eigenvalue weighted by Gasteiger charge is -2.23. The van der Waals surface area contributed by atoms with Crippen LogP contribution in [0.1, 0.15) is 35.8 Å². The molecule has 1 unspecified atom stereocenters. The van der Waals surface area contributed by atoms with Crippen LogP contribution >= 0.6 is 0 Å². The average Bonchev–Trinajstić information content (AvgIpc) is 2.97. The van der Waals surface area contributed by atoms with E-state index in [-0.39, 0.29) is 53.1 Å². The number of primary amides is 1. The number of benzene rings is 1. The maximum Gasteiger partial charge on any atom is 0.269 e. The number of rotatable bonds is 11. The largest absolute Gasteiger partial charge is 0.493 e. The van der Waals surface area contributed by atoms with Crippen molar-refractivity contribution in [3.8, 4) is 46.9 Å². The summed E-state index contributed by atoms with van der Waals surface area (Å²) in [5.74, 6) is 1.98. The standard InChI is InChI=1S/C28H26N6O6S/c1-5-14-39-28-24(40-22-9-7-6-8-21(22)38-4)27(32-26(33-28)18-12-13-30-20(15-18)25(29)35)34(41(36)37)23-11-10-19(16-31-23)17(2)3/h1,6-13,15-17H,14H2,2-4H3,(H2,29,35)(H,36,37). The van der Waals surface area contributed by atoms with Crippen LogP contribution in [-0.2, 0) is 11.3 Å². The molecule has 3 N–H and O–H groups in total. The predicted octanol–water partition coefficient (Wildman–Crippen LogP) is 4.24. The second kappa shape index (κ2) is 12.9. The lowest BCUT2D eigenvalue weighted by molar-refractivity contribution is 0.0995. The highest BCUT2D eigenvalue weighted by Crippen LogP contribution is 2.44. The van der Waals surface area contributed by atoms with E-state index in [9.17, 15) is 13.6 Å². The van der Waals surface area contributed by atoms with Gasteiger partial charge in [0.05, 0.1) is 7.11 Å². The lowest BCUT2D eigenvalue weighted by atomic mass is 10.1. The molecule has 0 radical (unpaired) electrons. The number of para-hydroxylation sites is 2. The summed E-state index contributed by atoms with van der Waals surface area (Å²) in [6.07, 6.45) is 8.41. The molecule has 1 amide bonds. The SMILES string of the molecule is C#CCOc1nc(-c2ccnc(C(N)=O)c2)nc(N(c2ccc(C(C)C)cn2)S(=O)O)c1Oc1ccccc1OC. The highest BCUT2D eigenvalue weighted by Gasteiger charge is 2.29. The van der Waals surface area contributed by atoms with Crippen molar-refractivity contribution >= 4 is 28.8 Å². The molecule has 210 valence electrons. The van der Waals surface area contributed by atoms with Gasteiger partial charge in [-0.2, -0.15) is 9.29 Å². The number of anilines is 2. The minimum absolute atomic E-state index is 0.00134. The molecule has 0 saturated heterocycles. The molecule has 41 heavy (non-hydrogen) atoms. The van der Waals surface area contributed by atoms with Crippen LogP contribution in [0.25, 0.3) is 11.4 Å². The Morgan fingerprint density at radius 1 is 1.15 bits per heavy atom. The molecule has 1 atom stereocenters. The van der Waals surface area contributed by atoms with Gasteiger partial charge in [-0.1, -0.05) is 38.0 Å². The fraction of sp³-hybridized carbons (Fsp3) is 0.179. The van der Waals surface area contributed by atoms with Gasteiger partial charge < -0.3 is 19.9 Å². The maximum absolute atomic E-state index is 12.9. The topological polar surface area (TPSA) is 163 Å². The first-order valence-electron chi connectivity index (χ1n) is 12.2. The fourth-order valence-corrected chi connectivity index (χ4v) is 4.16. The predicted molar refractivity (Wildman–Crippen MR) is 152 cm³/mol. The maximum atomic E-state index is 12.9. The quantitative estimate of drug-likeness (QED) is 0.196. The van der Waals surface area contributed by atoms with E-state index in [0.29, 0.717) is 11.3 Å². The van der Waals surface area contributed by atoms with Crippen molar-refractivity contribution in [2.45, 2.75) is 19.8 Å². The number of terminal acetylenes is 1. The van der Waals surface area contributed by atoms with Crippen LogP contribution in [-0.4, -0.2) is 48.3 Å². The third kappa shape index (κ3) is 6.57. The molecule has 0 bridgehead atoms. The van der Waals surface area contributed by atoms with Crippen molar-refractivity contribution in [3.63, 3.8) is 0 Å². The first-order chi connectivity index (χ1) is 19.7. The molecule has 0 saturated carbocycles. The van der Waals surface area contributed by atoms with Crippen molar-refractivity contribution in [3.05, 3.63) is 72.2 Å². The summed E-state index contributed by atoms with van der Waals surface area (Å²) >= 11 is -2.70. The molecule has 3 heterocycles. The van der Waals surface area contributed by atoms with Crippen LogP contribution in [0.5, 0.6) is 23.1 Å². The summed E-state index contributed by atoms with van der Waals surface area (Å²) in [6, 6.07) is 13.0. The first kappa shape index (κ1) is 28.9. The number of amides is 1. The smallest absolute Gasteiger partial charge is 0.269 e. The van der Waals surface area contributed by atoms with Crippen LogP contribution in [0.2, 0.25) is 0 Å². The molecule has 12 nitrogen and oxygen atoms in total. The van der Waals surface area contributed by atoms with Crippen molar-refractivity contribution in [2.24, 2.45) is 5.73 Å².